The summed E-state index contributed by atoms with van der Waals surface area (Å²) in [6.07, 6.45) is -4.01. The molecule has 0 spiro atoms. The van der Waals surface area contributed by atoms with Crippen LogP contribution < -0.4 is 5.73 Å². The number of hydrogen-bond donors (Lipinski definition) is 7. The van der Waals surface area contributed by atoms with Crippen molar-refractivity contribution in [1.82, 2.24) is 14.6 Å². The number of nitrogens with zero attached hydrogens (tertiary/aromatic N) is 3. The second-order valence-corrected chi connectivity index (χ2v) is 8.04. The third-order valence-electron chi connectivity index (χ3n) is 4.63. The van der Waals surface area contributed by atoms with E-state index in [0.29, 0.717) is 5.52 Å². The number of ether oxygens (including phenoxy) is 1. The topological polar surface area (TPSA) is 226 Å². The quantitative estimate of drug-likeness (QED) is 0.160. The van der Waals surface area contributed by atoms with Gasteiger partial charge >= 0.3 is 7.82 Å². The van der Waals surface area contributed by atoms with Gasteiger partial charge in [0.05, 0.1) is 25.5 Å². The SMILES string of the molecule is N=C[C@@]1(c2ccc3c(N)ncnn23)O[C@H](COP(=O)(O)OC[C@H](O)CO)C(O)C1O. The second-order valence-electron chi connectivity index (χ2n) is 6.59. The van der Waals surface area contributed by atoms with E-state index in [-0.39, 0.29) is 11.5 Å². The van der Waals surface area contributed by atoms with Crippen molar-refractivity contribution in [3.05, 3.63) is 24.2 Å². The molecule has 0 bridgehead atoms. The van der Waals surface area contributed by atoms with Gasteiger partial charge in [-0.1, -0.05) is 0 Å². The fraction of sp³-hybridized carbons (Fsp3) is 0.533. The van der Waals surface area contributed by atoms with E-state index < -0.39 is 57.7 Å². The fourth-order valence-electron chi connectivity index (χ4n) is 3.07. The van der Waals surface area contributed by atoms with E-state index in [1.165, 1.54) is 16.9 Å². The van der Waals surface area contributed by atoms with E-state index >= 15 is 0 Å². The number of aliphatic hydroxyl groups is 4. The maximum atomic E-state index is 11.9. The van der Waals surface area contributed by atoms with Crippen molar-refractivity contribution in [2.45, 2.75) is 30.0 Å². The first-order valence-corrected chi connectivity index (χ1v) is 10.2. The number of phosphoric acid groups is 1. The number of aromatic nitrogens is 3. The van der Waals surface area contributed by atoms with E-state index in [2.05, 4.69) is 14.6 Å². The van der Waals surface area contributed by atoms with Crippen molar-refractivity contribution in [3.8, 4) is 0 Å². The smallest absolute Gasteiger partial charge is 0.394 e. The number of nitrogens with two attached hydrogens (primary N) is 1. The monoisotopic (exact) mass is 447 g/mol. The lowest BCUT2D eigenvalue weighted by Gasteiger charge is -2.27. The number of aliphatic hydroxyl groups excluding tert-OH is 4. The Balaban J connectivity index is 1.80. The average molecular weight is 447 g/mol. The Kier molecular flexibility index (Phi) is 6.52. The van der Waals surface area contributed by atoms with Gasteiger partial charge in [0.1, 0.15) is 36.3 Å². The van der Waals surface area contributed by atoms with Gasteiger partial charge in [-0.3, -0.25) is 9.05 Å². The van der Waals surface area contributed by atoms with Gasteiger partial charge in [-0.15, -0.1) is 0 Å². The lowest BCUT2D eigenvalue weighted by molar-refractivity contribution is -0.0553. The Hall–Kier alpha value is -2.00. The molecule has 30 heavy (non-hydrogen) atoms. The highest BCUT2D eigenvalue weighted by Gasteiger charge is 2.56. The molecule has 1 fully saturated rings. The minimum absolute atomic E-state index is 0.146. The molecule has 2 aromatic heterocycles. The molecule has 6 atom stereocenters. The van der Waals surface area contributed by atoms with E-state index in [4.69, 9.17) is 25.5 Å². The Morgan fingerprint density at radius 1 is 1.43 bits per heavy atom. The Bertz CT molecular complexity index is 958. The number of hydrogen-bond acceptors (Lipinski definition) is 12. The lowest BCUT2D eigenvalue weighted by Crippen LogP contribution is -2.43. The summed E-state index contributed by atoms with van der Waals surface area (Å²) in [5, 5.41) is 50.8. The lowest BCUT2D eigenvalue weighted by atomic mass is 9.92. The normalized spacial score (nSPS) is 29.7. The van der Waals surface area contributed by atoms with Crippen molar-refractivity contribution < 1.29 is 43.7 Å². The van der Waals surface area contributed by atoms with Crippen molar-refractivity contribution in [2.24, 2.45) is 0 Å². The summed E-state index contributed by atoms with van der Waals surface area (Å²) in [6.45, 7) is -2.03. The number of nitrogens with one attached hydrogen (secondary N) is 1. The molecule has 1 aliphatic heterocycles. The molecule has 3 heterocycles. The maximum absolute atomic E-state index is 11.9. The number of phosphoric ester groups is 1. The molecule has 0 radical (unpaired) electrons. The van der Waals surface area contributed by atoms with Gasteiger partial charge in [0.25, 0.3) is 0 Å². The summed E-state index contributed by atoms with van der Waals surface area (Å²) in [4.78, 5) is 13.5. The zero-order chi connectivity index (χ0) is 22.1. The highest BCUT2D eigenvalue weighted by molar-refractivity contribution is 7.47. The highest BCUT2D eigenvalue weighted by Crippen LogP contribution is 2.45. The van der Waals surface area contributed by atoms with Gasteiger partial charge in [-0.25, -0.2) is 14.1 Å². The van der Waals surface area contributed by atoms with Crippen LogP contribution in [0.5, 0.6) is 0 Å². The van der Waals surface area contributed by atoms with Crippen molar-refractivity contribution in [2.75, 3.05) is 25.6 Å². The zero-order valence-electron chi connectivity index (χ0n) is 15.5. The van der Waals surface area contributed by atoms with Gasteiger partial charge in [-0.05, 0) is 12.1 Å². The summed E-state index contributed by atoms with van der Waals surface area (Å²) in [5.41, 5.74) is 4.49. The Labute approximate surface area is 169 Å². The second kappa shape index (κ2) is 8.63. The first-order chi connectivity index (χ1) is 14.1. The molecule has 0 amide bonds. The molecule has 0 saturated carbocycles. The van der Waals surface area contributed by atoms with E-state index in [0.717, 1.165) is 6.21 Å². The molecule has 8 N–H and O–H groups in total. The molecule has 1 saturated heterocycles. The predicted molar refractivity (Wildman–Crippen MR) is 99.6 cm³/mol. The summed E-state index contributed by atoms with van der Waals surface area (Å²) in [7, 11) is -4.66. The number of fused-ring (bicyclic) bond motifs is 1. The molecule has 166 valence electrons. The van der Waals surface area contributed by atoms with Gasteiger partial charge in [0, 0.05) is 6.21 Å². The first kappa shape index (κ1) is 22.7. The van der Waals surface area contributed by atoms with Gasteiger partial charge < -0.3 is 41.2 Å². The third kappa shape index (κ3) is 4.09. The molecule has 2 aromatic rings. The number of anilines is 1. The van der Waals surface area contributed by atoms with Crippen LogP contribution in [0.2, 0.25) is 0 Å². The summed E-state index contributed by atoms with van der Waals surface area (Å²) >= 11 is 0. The van der Waals surface area contributed by atoms with Crippen LogP contribution >= 0.6 is 7.82 Å². The minimum atomic E-state index is -4.66. The Morgan fingerprint density at radius 3 is 2.83 bits per heavy atom. The third-order valence-corrected chi connectivity index (χ3v) is 5.58. The Morgan fingerprint density at radius 2 is 2.17 bits per heavy atom. The fourth-order valence-corrected chi connectivity index (χ4v) is 3.84. The van der Waals surface area contributed by atoms with Gasteiger partial charge in [0.2, 0.25) is 0 Å². The van der Waals surface area contributed by atoms with Crippen molar-refractivity contribution >= 4 is 25.4 Å². The van der Waals surface area contributed by atoms with Crippen LogP contribution in [0.25, 0.3) is 5.52 Å². The summed E-state index contributed by atoms with van der Waals surface area (Å²) in [5.74, 6) is 0.146. The summed E-state index contributed by atoms with van der Waals surface area (Å²) in [6, 6.07) is 3.03. The first-order valence-electron chi connectivity index (χ1n) is 8.70. The molecule has 3 unspecified atom stereocenters. The molecule has 14 nitrogen and oxygen atoms in total. The van der Waals surface area contributed by atoms with Crippen molar-refractivity contribution in [3.63, 3.8) is 0 Å². The molecule has 0 aromatic carbocycles. The molecular weight excluding hydrogens is 425 g/mol. The van der Waals surface area contributed by atoms with Crippen LogP contribution in [-0.2, 0) is 24.0 Å². The van der Waals surface area contributed by atoms with E-state index in [1.54, 1.807) is 6.07 Å². The van der Waals surface area contributed by atoms with Crippen LogP contribution in [0.4, 0.5) is 5.82 Å². The van der Waals surface area contributed by atoms with Crippen LogP contribution in [0.15, 0.2) is 18.5 Å². The molecule has 0 aliphatic carbocycles. The average Bonchev–Trinajstić information content (AvgIpc) is 3.27. The number of rotatable bonds is 9. The van der Waals surface area contributed by atoms with Crippen LogP contribution in [0, 0.1) is 5.41 Å². The molecular formula is C15H22N5O9P. The van der Waals surface area contributed by atoms with E-state index in [1.807, 2.05) is 0 Å². The van der Waals surface area contributed by atoms with Gasteiger partial charge in [-0.2, -0.15) is 5.10 Å². The zero-order valence-corrected chi connectivity index (χ0v) is 16.4. The standard InChI is InChI=1S/C15H22N5O9P/c16-6-15(11-2-1-9-14(17)18-7-19-20(9)11)13(24)12(23)10(29-15)5-28-30(25,26)27-4-8(22)3-21/h1-2,6-8,10,12-13,16,21-24H,3-5H2,(H,25,26)(H2,17,18,19)/t8-,10-,12?,13?,15+/m1/s1. The van der Waals surface area contributed by atoms with Gasteiger partial charge in [0.15, 0.2) is 11.4 Å². The van der Waals surface area contributed by atoms with Crippen LogP contribution in [0.1, 0.15) is 5.69 Å². The molecule has 3 rings (SSSR count). The minimum Gasteiger partial charge on any atom is -0.394 e. The van der Waals surface area contributed by atoms with Crippen molar-refractivity contribution in [1.29, 1.82) is 5.41 Å². The highest BCUT2D eigenvalue weighted by atomic mass is 31.2. The largest absolute Gasteiger partial charge is 0.472 e. The summed E-state index contributed by atoms with van der Waals surface area (Å²) < 4.78 is 28.2. The van der Waals surface area contributed by atoms with Crippen LogP contribution in [-0.4, -0.2) is 90.4 Å². The van der Waals surface area contributed by atoms with Crippen LogP contribution in [0.3, 0.4) is 0 Å². The number of nitrogen functional groups attached to an aromatic ring is 1. The predicted octanol–water partition coefficient (Wildman–Crippen LogP) is -2.24. The molecule has 1 aliphatic rings. The maximum Gasteiger partial charge on any atom is 0.472 e. The molecule has 15 heteroatoms. The van der Waals surface area contributed by atoms with E-state index in [9.17, 15) is 24.8 Å².